The zero-order valence-corrected chi connectivity index (χ0v) is 12.8. The minimum atomic E-state index is 0.101. The molecule has 0 bridgehead atoms. The maximum absolute atomic E-state index is 12.3. The van der Waals surface area contributed by atoms with Crippen LogP contribution >= 0.6 is 0 Å². The summed E-state index contributed by atoms with van der Waals surface area (Å²) in [6, 6.07) is 15.4. The molecular formula is C18H21NO2. The summed E-state index contributed by atoms with van der Waals surface area (Å²) in [6.07, 6.45) is 0. The van der Waals surface area contributed by atoms with Gasteiger partial charge in [0.05, 0.1) is 13.2 Å². The molecule has 0 aromatic heterocycles. The van der Waals surface area contributed by atoms with Gasteiger partial charge in [0.15, 0.2) is 5.78 Å². The first-order valence-electron chi connectivity index (χ1n) is 7.14. The average Bonchev–Trinajstić information content (AvgIpc) is 2.48. The number of carbonyl (C=O) groups is 1. The number of carbonyl (C=O) groups excluding carboxylic acids is 1. The second-order valence-corrected chi connectivity index (χ2v) is 5.02. The summed E-state index contributed by atoms with van der Waals surface area (Å²) in [7, 11) is 1.94. The van der Waals surface area contributed by atoms with Crippen molar-refractivity contribution in [1.29, 1.82) is 0 Å². The first-order valence-corrected chi connectivity index (χ1v) is 7.14. The lowest BCUT2D eigenvalue weighted by Crippen LogP contribution is -2.26. The molecule has 0 aliphatic carbocycles. The molecule has 0 spiro atoms. The highest BCUT2D eigenvalue weighted by Gasteiger charge is 2.11. The molecule has 2 aromatic carbocycles. The molecule has 0 amide bonds. The van der Waals surface area contributed by atoms with E-state index in [1.54, 1.807) is 0 Å². The van der Waals surface area contributed by atoms with E-state index in [-0.39, 0.29) is 5.78 Å². The SMILES string of the molecule is CCOc1ccc(C(=O)CN(C)c2ccccc2C)cc1. The first-order chi connectivity index (χ1) is 10.1. The minimum absolute atomic E-state index is 0.101. The van der Waals surface area contributed by atoms with E-state index in [0.717, 1.165) is 11.4 Å². The van der Waals surface area contributed by atoms with Gasteiger partial charge in [0.1, 0.15) is 5.75 Å². The van der Waals surface area contributed by atoms with Crippen LogP contribution in [0.25, 0.3) is 0 Å². The Morgan fingerprint density at radius 2 is 1.76 bits per heavy atom. The predicted octanol–water partition coefficient (Wildman–Crippen LogP) is 3.71. The molecule has 0 aliphatic heterocycles. The molecule has 110 valence electrons. The van der Waals surface area contributed by atoms with Crippen molar-refractivity contribution in [3.05, 3.63) is 59.7 Å². The van der Waals surface area contributed by atoms with Gasteiger partial charge in [-0.25, -0.2) is 0 Å². The number of hydrogen-bond donors (Lipinski definition) is 0. The summed E-state index contributed by atoms with van der Waals surface area (Å²) in [5.74, 6) is 0.894. The van der Waals surface area contributed by atoms with Gasteiger partial charge in [-0.05, 0) is 49.7 Å². The Balaban J connectivity index is 2.05. The van der Waals surface area contributed by atoms with Crippen LogP contribution in [0, 0.1) is 6.92 Å². The Hall–Kier alpha value is -2.29. The van der Waals surface area contributed by atoms with Crippen molar-refractivity contribution in [2.75, 3.05) is 25.1 Å². The zero-order chi connectivity index (χ0) is 15.2. The summed E-state index contributed by atoms with van der Waals surface area (Å²) in [5, 5.41) is 0. The van der Waals surface area contributed by atoms with Gasteiger partial charge >= 0.3 is 0 Å². The number of ketones is 1. The largest absolute Gasteiger partial charge is 0.494 e. The van der Waals surface area contributed by atoms with E-state index in [0.29, 0.717) is 18.7 Å². The number of nitrogens with zero attached hydrogens (tertiary/aromatic N) is 1. The van der Waals surface area contributed by atoms with Crippen LogP contribution in [0.5, 0.6) is 5.75 Å². The van der Waals surface area contributed by atoms with Crippen LogP contribution in [0.15, 0.2) is 48.5 Å². The number of likely N-dealkylation sites (N-methyl/N-ethyl adjacent to an activating group) is 1. The van der Waals surface area contributed by atoms with Crippen LogP contribution in [0.4, 0.5) is 5.69 Å². The smallest absolute Gasteiger partial charge is 0.182 e. The molecule has 0 saturated heterocycles. The second kappa shape index (κ2) is 6.93. The van der Waals surface area contributed by atoms with Gasteiger partial charge in [-0.15, -0.1) is 0 Å². The number of benzene rings is 2. The Labute approximate surface area is 126 Å². The molecule has 3 nitrogen and oxygen atoms in total. The van der Waals surface area contributed by atoms with E-state index in [4.69, 9.17) is 4.74 Å². The van der Waals surface area contributed by atoms with Gasteiger partial charge in [0.25, 0.3) is 0 Å². The van der Waals surface area contributed by atoms with Crippen molar-refractivity contribution in [2.24, 2.45) is 0 Å². The third-order valence-corrected chi connectivity index (χ3v) is 3.39. The van der Waals surface area contributed by atoms with E-state index in [1.807, 2.05) is 74.3 Å². The maximum Gasteiger partial charge on any atom is 0.182 e. The highest BCUT2D eigenvalue weighted by atomic mass is 16.5. The summed E-state index contributed by atoms with van der Waals surface area (Å²) in [4.78, 5) is 14.3. The fourth-order valence-electron chi connectivity index (χ4n) is 2.29. The number of para-hydroxylation sites is 1. The second-order valence-electron chi connectivity index (χ2n) is 5.02. The van der Waals surface area contributed by atoms with Gasteiger partial charge in [-0.3, -0.25) is 4.79 Å². The van der Waals surface area contributed by atoms with Crippen LogP contribution in [0.2, 0.25) is 0 Å². The molecule has 0 heterocycles. The standard InChI is InChI=1S/C18H21NO2/c1-4-21-16-11-9-15(10-12-16)18(20)13-19(3)17-8-6-5-7-14(17)2/h5-12H,4,13H2,1-3H3. The topological polar surface area (TPSA) is 29.5 Å². The fraction of sp³-hybridized carbons (Fsp3) is 0.278. The molecule has 3 heteroatoms. The molecule has 0 fully saturated rings. The number of ether oxygens (including phenoxy) is 1. The van der Waals surface area contributed by atoms with Gasteiger partial charge in [-0.1, -0.05) is 18.2 Å². The lowest BCUT2D eigenvalue weighted by molar-refractivity contribution is 0.100. The van der Waals surface area contributed by atoms with Gasteiger partial charge in [-0.2, -0.15) is 0 Å². The summed E-state index contributed by atoms with van der Waals surface area (Å²) in [5.41, 5.74) is 2.95. The van der Waals surface area contributed by atoms with E-state index < -0.39 is 0 Å². The molecule has 0 N–H and O–H groups in total. The maximum atomic E-state index is 12.3. The average molecular weight is 283 g/mol. The number of rotatable bonds is 6. The lowest BCUT2D eigenvalue weighted by Gasteiger charge is -2.20. The van der Waals surface area contributed by atoms with Gasteiger partial charge in [0.2, 0.25) is 0 Å². The molecule has 2 rings (SSSR count). The molecule has 0 atom stereocenters. The Bertz CT molecular complexity index is 605. The van der Waals surface area contributed by atoms with Crippen molar-refractivity contribution in [1.82, 2.24) is 0 Å². The normalized spacial score (nSPS) is 10.2. The van der Waals surface area contributed by atoms with Crippen LogP contribution in [-0.2, 0) is 0 Å². The van der Waals surface area contributed by atoms with Gasteiger partial charge in [0, 0.05) is 18.3 Å². The summed E-state index contributed by atoms with van der Waals surface area (Å²) >= 11 is 0. The summed E-state index contributed by atoms with van der Waals surface area (Å²) < 4.78 is 5.39. The van der Waals surface area contributed by atoms with E-state index in [2.05, 4.69) is 0 Å². The van der Waals surface area contributed by atoms with E-state index >= 15 is 0 Å². The van der Waals surface area contributed by atoms with E-state index in [1.165, 1.54) is 5.56 Å². The van der Waals surface area contributed by atoms with Crippen LogP contribution in [0.3, 0.4) is 0 Å². The van der Waals surface area contributed by atoms with Crippen molar-refractivity contribution in [2.45, 2.75) is 13.8 Å². The van der Waals surface area contributed by atoms with Crippen molar-refractivity contribution in [3.8, 4) is 5.75 Å². The van der Waals surface area contributed by atoms with Crippen LogP contribution in [0.1, 0.15) is 22.8 Å². The first kappa shape index (κ1) is 15.1. The van der Waals surface area contributed by atoms with Crippen molar-refractivity contribution >= 4 is 11.5 Å². The summed E-state index contributed by atoms with van der Waals surface area (Å²) in [6.45, 7) is 4.98. The molecule has 2 aromatic rings. The predicted molar refractivity (Wildman–Crippen MR) is 86.4 cm³/mol. The molecule has 21 heavy (non-hydrogen) atoms. The van der Waals surface area contributed by atoms with Crippen molar-refractivity contribution < 1.29 is 9.53 Å². The molecule has 0 radical (unpaired) electrons. The molecule has 0 aliphatic rings. The Kier molecular flexibility index (Phi) is 4.99. The number of anilines is 1. The third kappa shape index (κ3) is 3.85. The monoisotopic (exact) mass is 283 g/mol. The number of Topliss-reactive ketones (excluding diaryl/α,β-unsaturated/α-hetero) is 1. The highest BCUT2D eigenvalue weighted by Crippen LogP contribution is 2.19. The molecule has 0 unspecified atom stereocenters. The fourth-order valence-corrected chi connectivity index (χ4v) is 2.29. The zero-order valence-electron chi connectivity index (χ0n) is 12.8. The quantitative estimate of drug-likeness (QED) is 0.757. The van der Waals surface area contributed by atoms with Crippen molar-refractivity contribution in [3.63, 3.8) is 0 Å². The minimum Gasteiger partial charge on any atom is -0.494 e. The van der Waals surface area contributed by atoms with Gasteiger partial charge < -0.3 is 9.64 Å². The number of hydrogen-bond acceptors (Lipinski definition) is 3. The van der Waals surface area contributed by atoms with Crippen LogP contribution < -0.4 is 9.64 Å². The Morgan fingerprint density at radius 3 is 2.38 bits per heavy atom. The molecular weight excluding hydrogens is 262 g/mol. The molecule has 0 saturated carbocycles. The van der Waals surface area contributed by atoms with Crippen LogP contribution in [-0.4, -0.2) is 26.0 Å². The Morgan fingerprint density at radius 1 is 1.10 bits per heavy atom. The number of aryl methyl sites for hydroxylation is 1. The highest BCUT2D eigenvalue weighted by molar-refractivity contribution is 5.99. The third-order valence-electron chi connectivity index (χ3n) is 3.39. The van der Waals surface area contributed by atoms with E-state index in [9.17, 15) is 4.79 Å². The lowest BCUT2D eigenvalue weighted by atomic mass is 10.1.